The molecule has 0 N–H and O–H groups in total. The van der Waals surface area contributed by atoms with Gasteiger partial charge < -0.3 is 4.42 Å². The van der Waals surface area contributed by atoms with Gasteiger partial charge in [-0.15, -0.1) is 0 Å². The summed E-state index contributed by atoms with van der Waals surface area (Å²) in [5, 5.41) is 0. The summed E-state index contributed by atoms with van der Waals surface area (Å²) < 4.78 is 5.87. The third-order valence-corrected chi connectivity index (χ3v) is 5.98. The van der Waals surface area contributed by atoms with Crippen LogP contribution in [0.3, 0.4) is 0 Å². The van der Waals surface area contributed by atoms with Crippen molar-refractivity contribution >= 4 is 0 Å². The highest BCUT2D eigenvalue weighted by Gasteiger charge is 2.33. The molecule has 3 heteroatoms. The Bertz CT molecular complexity index is 611. The Balaban J connectivity index is 1.40. The molecule has 0 amide bonds. The van der Waals surface area contributed by atoms with Gasteiger partial charge in [-0.1, -0.05) is 49.6 Å². The summed E-state index contributed by atoms with van der Waals surface area (Å²) in [7, 11) is 0. The molecule has 0 radical (unpaired) electrons. The maximum Gasteiger partial charge on any atom is 0.121 e. The first kappa shape index (κ1) is 16.9. The van der Waals surface area contributed by atoms with Gasteiger partial charge in [-0.05, 0) is 36.5 Å². The Labute approximate surface area is 151 Å². The van der Waals surface area contributed by atoms with Gasteiger partial charge in [0.25, 0.3) is 0 Å². The van der Waals surface area contributed by atoms with E-state index in [0.717, 1.165) is 38.6 Å². The molecule has 1 unspecified atom stereocenters. The minimum atomic E-state index is 0.481. The molecular formula is C22H30N2O. The van der Waals surface area contributed by atoms with Crippen LogP contribution in [-0.4, -0.2) is 36.0 Å². The molecule has 2 fully saturated rings. The number of hydrogen-bond donors (Lipinski definition) is 0. The number of rotatable bonds is 5. The van der Waals surface area contributed by atoms with Crippen LogP contribution in [0.25, 0.3) is 0 Å². The number of piperazine rings is 1. The van der Waals surface area contributed by atoms with Gasteiger partial charge in [-0.2, -0.15) is 0 Å². The average Bonchev–Trinajstić information content (AvgIpc) is 3.19. The molecule has 3 nitrogen and oxygen atoms in total. The van der Waals surface area contributed by atoms with E-state index in [-0.39, 0.29) is 0 Å². The Hall–Kier alpha value is -1.58. The number of hydrogen-bond acceptors (Lipinski definition) is 3. The smallest absolute Gasteiger partial charge is 0.121 e. The zero-order valence-corrected chi connectivity index (χ0v) is 15.1. The van der Waals surface area contributed by atoms with E-state index in [2.05, 4.69) is 52.3 Å². The molecule has 1 aromatic carbocycles. The summed E-state index contributed by atoms with van der Waals surface area (Å²) in [4.78, 5) is 5.28. The second-order valence-electron chi connectivity index (χ2n) is 7.66. The monoisotopic (exact) mass is 338 g/mol. The van der Waals surface area contributed by atoms with Crippen molar-refractivity contribution in [2.75, 3.05) is 26.2 Å². The first-order chi connectivity index (χ1) is 12.4. The molecule has 0 bridgehead atoms. The summed E-state index contributed by atoms with van der Waals surface area (Å²) in [5.41, 5.74) is 1.42. The molecule has 25 heavy (non-hydrogen) atoms. The second kappa shape index (κ2) is 8.20. The maximum atomic E-state index is 5.87. The molecule has 1 aromatic heterocycles. The largest absolute Gasteiger partial charge is 0.468 e. The zero-order valence-electron chi connectivity index (χ0n) is 15.1. The summed E-state index contributed by atoms with van der Waals surface area (Å²) in [6.07, 6.45) is 8.74. The Morgan fingerprint density at radius 2 is 1.64 bits per heavy atom. The topological polar surface area (TPSA) is 19.6 Å². The molecule has 0 spiro atoms. The SMILES string of the molecule is c1ccc(CN2CCN(C(c3ccco3)C3CCCCC3)CC2)cc1. The number of furan rings is 1. The third-order valence-electron chi connectivity index (χ3n) is 5.98. The lowest BCUT2D eigenvalue weighted by atomic mass is 9.82. The Morgan fingerprint density at radius 1 is 0.880 bits per heavy atom. The van der Waals surface area contributed by atoms with Crippen molar-refractivity contribution in [2.24, 2.45) is 5.92 Å². The van der Waals surface area contributed by atoms with Gasteiger partial charge in [-0.3, -0.25) is 9.80 Å². The molecule has 1 aliphatic heterocycles. The molecule has 4 rings (SSSR count). The van der Waals surface area contributed by atoms with Crippen molar-refractivity contribution in [3.8, 4) is 0 Å². The molecule has 134 valence electrons. The summed E-state index contributed by atoms with van der Waals surface area (Å²) in [6.45, 7) is 5.67. The fraction of sp³-hybridized carbons (Fsp3) is 0.545. The molecule has 1 aliphatic carbocycles. The van der Waals surface area contributed by atoms with Crippen molar-refractivity contribution in [3.05, 3.63) is 60.1 Å². The highest BCUT2D eigenvalue weighted by Crippen LogP contribution is 2.39. The second-order valence-corrected chi connectivity index (χ2v) is 7.66. The summed E-state index contributed by atoms with van der Waals surface area (Å²) >= 11 is 0. The lowest BCUT2D eigenvalue weighted by Crippen LogP contribution is -2.48. The Morgan fingerprint density at radius 3 is 2.32 bits per heavy atom. The van der Waals surface area contributed by atoms with E-state index in [4.69, 9.17) is 4.42 Å². The first-order valence-electron chi connectivity index (χ1n) is 9.94. The van der Waals surface area contributed by atoms with E-state index in [9.17, 15) is 0 Å². The lowest BCUT2D eigenvalue weighted by molar-refractivity contribution is 0.0443. The Kier molecular flexibility index (Phi) is 5.53. The molecule has 1 saturated carbocycles. The minimum Gasteiger partial charge on any atom is -0.468 e. The van der Waals surface area contributed by atoms with E-state index in [1.54, 1.807) is 0 Å². The van der Waals surface area contributed by atoms with Gasteiger partial charge >= 0.3 is 0 Å². The fourth-order valence-corrected chi connectivity index (χ4v) is 4.66. The third kappa shape index (κ3) is 4.16. The van der Waals surface area contributed by atoms with Crippen molar-refractivity contribution in [1.29, 1.82) is 0 Å². The van der Waals surface area contributed by atoms with Crippen molar-refractivity contribution in [1.82, 2.24) is 9.80 Å². The van der Waals surface area contributed by atoms with Crippen LogP contribution in [0.5, 0.6) is 0 Å². The molecule has 2 aliphatic rings. The van der Waals surface area contributed by atoms with Crippen molar-refractivity contribution in [3.63, 3.8) is 0 Å². The summed E-state index contributed by atoms with van der Waals surface area (Å²) in [6, 6.07) is 15.6. The number of benzene rings is 1. The van der Waals surface area contributed by atoms with E-state index < -0.39 is 0 Å². The predicted octanol–water partition coefficient (Wildman–Crippen LogP) is 4.72. The molecule has 1 atom stereocenters. The van der Waals surface area contributed by atoms with Crippen LogP contribution in [0, 0.1) is 5.92 Å². The normalized spacial score (nSPS) is 22.1. The standard InChI is InChI=1S/C22H30N2O/c1-3-8-19(9-4-1)18-23-13-15-24(16-14-23)22(21-12-7-17-25-21)20-10-5-2-6-11-20/h1,3-4,7-9,12,17,20,22H,2,5-6,10-11,13-16,18H2. The zero-order chi connectivity index (χ0) is 16.9. The summed E-state index contributed by atoms with van der Waals surface area (Å²) in [5.74, 6) is 1.95. The van der Waals surface area contributed by atoms with Gasteiger partial charge in [0.2, 0.25) is 0 Å². The van der Waals surface area contributed by atoms with Crippen LogP contribution in [0.4, 0.5) is 0 Å². The van der Waals surface area contributed by atoms with Gasteiger partial charge in [0.15, 0.2) is 0 Å². The highest BCUT2D eigenvalue weighted by atomic mass is 16.3. The van der Waals surface area contributed by atoms with Gasteiger partial charge in [0.05, 0.1) is 12.3 Å². The van der Waals surface area contributed by atoms with Gasteiger partial charge in [0.1, 0.15) is 5.76 Å². The van der Waals surface area contributed by atoms with E-state index in [0.29, 0.717) is 6.04 Å². The van der Waals surface area contributed by atoms with Crippen molar-refractivity contribution < 1.29 is 4.42 Å². The number of nitrogens with zero attached hydrogens (tertiary/aromatic N) is 2. The fourth-order valence-electron chi connectivity index (χ4n) is 4.66. The van der Waals surface area contributed by atoms with E-state index in [1.807, 2.05) is 6.26 Å². The quantitative estimate of drug-likeness (QED) is 0.786. The van der Waals surface area contributed by atoms with E-state index >= 15 is 0 Å². The molecule has 2 heterocycles. The molecule has 2 aromatic rings. The van der Waals surface area contributed by atoms with Crippen LogP contribution in [0.1, 0.15) is 49.5 Å². The first-order valence-corrected chi connectivity index (χ1v) is 9.94. The van der Waals surface area contributed by atoms with Gasteiger partial charge in [0, 0.05) is 32.7 Å². The van der Waals surface area contributed by atoms with Crippen LogP contribution in [0.2, 0.25) is 0 Å². The van der Waals surface area contributed by atoms with Crippen molar-refractivity contribution in [2.45, 2.75) is 44.7 Å². The minimum absolute atomic E-state index is 0.481. The van der Waals surface area contributed by atoms with Crippen LogP contribution < -0.4 is 0 Å². The molecular weight excluding hydrogens is 308 g/mol. The van der Waals surface area contributed by atoms with Gasteiger partial charge in [-0.25, -0.2) is 0 Å². The highest BCUT2D eigenvalue weighted by molar-refractivity contribution is 5.14. The average molecular weight is 338 g/mol. The van der Waals surface area contributed by atoms with Crippen LogP contribution in [0.15, 0.2) is 53.1 Å². The van der Waals surface area contributed by atoms with Crippen LogP contribution in [-0.2, 0) is 6.54 Å². The maximum absolute atomic E-state index is 5.87. The lowest BCUT2D eigenvalue weighted by Gasteiger charge is -2.42. The van der Waals surface area contributed by atoms with E-state index in [1.165, 1.54) is 43.4 Å². The molecule has 1 saturated heterocycles. The van der Waals surface area contributed by atoms with Crippen LogP contribution >= 0.6 is 0 Å². The predicted molar refractivity (Wildman–Crippen MR) is 101 cm³/mol.